The molecule has 2 atom stereocenters. The molecule has 1 fully saturated rings. The number of hydrogen-bond acceptors (Lipinski definition) is 2. The lowest BCUT2D eigenvalue weighted by Crippen LogP contribution is -2.48. The van der Waals surface area contributed by atoms with E-state index in [0.717, 1.165) is 25.0 Å². The van der Waals surface area contributed by atoms with E-state index < -0.39 is 0 Å². The van der Waals surface area contributed by atoms with Crippen LogP contribution in [-0.4, -0.2) is 37.7 Å². The van der Waals surface area contributed by atoms with Gasteiger partial charge in [-0.15, -0.1) is 24.0 Å². The molecule has 0 aliphatic heterocycles. The van der Waals surface area contributed by atoms with E-state index in [4.69, 9.17) is 0 Å². The van der Waals surface area contributed by atoms with E-state index in [1.807, 2.05) is 7.05 Å². The monoisotopic (exact) mass is 396 g/mol. The molecule has 1 aliphatic carbocycles. The van der Waals surface area contributed by atoms with Crippen LogP contribution < -0.4 is 16.0 Å². The van der Waals surface area contributed by atoms with Gasteiger partial charge in [-0.2, -0.15) is 0 Å². The zero-order valence-corrected chi connectivity index (χ0v) is 16.1. The Morgan fingerprint density at radius 2 is 1.90 bits per heavy atom. The lowest BCUT2D eigenvalue weighted by atomic mass is 9.87. The summed E-state index contributed by atoms with van der Waals surface area (Å²) < 4.78 is 0. The van der Waals surface area contributed by atoms with Crippen molar-refractivity contribution in [2.45, 2.75) is 65.0 Å². The summed E-state index contributed by atoms with van der Waals surface area (Å²) in [5.41, 5.74) is 0.178. The summed E-state index contributed by atoms with van der Waals surface area (Å²) in [7, 11) is 1.85. The Balaban J connectivity index is 0.00000361. The van der Waals surface area contributed by atoms with Gasteiger partial charge in [-0.3, -0.25) is 4.99 Å². The van der Waals surface area contributed by atoms with E-state index in [-0.39, 0.29) is 29.5 Å². The largest absolute Gasteiger partial charge is 0.355 e. The third-order valence-corrected chi connectivity index (χ3v) is 3.57. The molecule has 120 valence electrons. The number of aliphatic imine (C=N–C) groups is 1. The molecule has 20 heavy (non-hydrogen) atoms. The van der Waals surface area contributed by atoms with Crippen molar-refractivity contribution in [1.29, 1.82) is 0 Å². The lowest BCUT2D eigenvalue weighted by Gasteiger charge is -2.29. The molecule has 1 saturated carbocycles. The molecule has 0 aromatic heterocycles. The van der Waals surface area contributed by atoms with Crippen LogP contribution in [0.5, 0.6) is 0 Å². The van der Waals surface area contributed by atoms with Gasteiger partial charge >= 0.3 is 0 Å². The molecule has 0 aromatic carbocycles. The predicted octanol–water partition coefficient (Wildman–Crippen LogP) is 2.74. The van der Waals surface area contributed by atoms with E-state index in [2.05, 4.69) is 48.6 Å². The number of hydrogen-bond donors (Lipinski definition) is 3. The van der Waals surface area contributed by atoms with E-state index in [0.29, 0.717) is 6.04 Å². The van der Waals surface area contributed by atoms with Crippen molar-refractivity contribution in [1.82, 2.24) is 16.0 Å². The topological polar surface area (TPSA) is 48.5 Å². The Bertz CT molecular complexity index is 286. The zero-order valence-electron chi connectivity index (χ0n) is 13.8. The molecule has 0 amide bonds. The Labute approximate surface area is 142 Å². The summed E-state index contributed by atoms with van der Waals surface area (Å²) in [6, 6.07) is 0.588. The standard InChI is InChI=1S/C15H32N4.HI/c1-12-7-6-8-13(11-12)19-14(16-5)17-9-10-18-15(2,3)4;/h12-13,18H,6-11H2,1-5H3,(H2,16,17,19);1H. The zero-order chi connectivity index (χ0) is 14.3. The normalized spacial score (nSPS) is 23.9. The van der Waals surface area contributed by atoms with Gasteiger partial charge < -0.3 is 16.0 Å². The lowest BCUT2D eigenvalue weighted by molar-refractivity contribution is 0.324. The van der Waals surface area contributed by atoms with Crippen LogP contribution >= 0.6 is 24.0 Å². The van der Waals surface area contributed by atoms with Crippen LogP contribution in [0, 0.1) is 5.92 Å². The van der Waals surface area contributed by atoms with Crippen LogP contribution in [-0.2, 0) is 0 Å². The predicted molar refractivity (Wildman–Crippen MR) is 99.1 cm³/mol. The minimum absolute atomic E-state index is 0. The van der Waals surface area contributed by atoms with Gasteiger partial charge in [-0.05, 0) is 39.5 Å². The molecule has 0 heterocycles. The molecule has 0 bridgehead atoms. The smallest absolute Gasteiger partial charge is 0.191 e. The number of nitrogens with one attached hydrogen (secondary N) is 3. The third kappa shape index (κ3) is 9.00. The summed E-state index contributed by atoms with van der Waals surface area (Å²) in [5, 5.41) is 10.4. The fraction of sp³-hybridized carbons (Fsp3) is 0.933. The van der Waals surface area contributed by atoms with Crippen molar-refractivity contribution in [3.8, 4) is 0 Å². The quantitative estimate of drug-likeness (QED) is 0.297. The third-order valence-electron chi connectivity index (χ3n) is 3.57. The second kappa shape index (κ2) is 9.82. The Hall–Kier alpha value is -0.0400. The maximum Gasteiger partial charge on any atom is 0.191 e. The highest BCUT2D eigenvalue weighted by molar-refractivity contribution is 14.0. The van der Waals surface area contributed by atoms with Crippen LogP contribution in [0.4, 0.5) is 0 Å². The average Bonchev–Trinajstić information content (AvgIpc) is 2.32. The van der Waals surface area contributed by atoms with Crippen LogP contribution in [0.15, 0.2) is 4.99 Å². The molecule has 1 rings (SSSR count). The first-order chi connectivity index (χ1) is 8.90. The molecule has 5 heteroatoms. The fourth-order valence-electron chi connectivity index (χ4n) is 2.57. The van der Waals surface area contributed by atoms with Crippen molar-refractivity contribution >= 4 is 29.9 Å². The molecular weight excluding hydrogens is 363 g/mol. The van der Waals surface area contributed by atoms with Crippen molar-refractivity contribution in [3.63, 3.8) is 0 Å². The summed E-state index contributed by atoms with van der Waals surface area (Å²) in [5.74, 6) is 1.78. The minimum Gasteiger partial charge on any atom is -0.355 e. The highest BCUT2D eigenvalue weighted by Gasteiger charge is 2.19. The van der Waals surface area contributed by atoms with Gasteiger partial charge in [0.1, 0.15) is 0 Å². The molecule has 0 radical (unpaired) electrons. The molecule has 2 unspecified atom stereocenters. The summed E-state index contributed by atoms with van der Waals surface area (Å²) in [6.07, 6.45) is 5.24. The highest BCUT2D eigenvalue weighted by Crippen LogP contribution is 2.23. The van der Waals surface area contributed by atoms with Gasteiger partial charge in [-0.25, -0.2) is 0 Å². The SMILES string of the molecule is CN=C(NCCNC(C)(C)C)NC1CCCC(C)C1.I. The van der Waals surface area contributed by atoms with E-state index in [1.165, 1.54) is 25.7 Å². The molecule has 0 aromatic rings. The Morgan fingerprint density at radius 1 is 1.20 bits per heavy atom. The number of halogens is 1. The van der Waals surface area contributed by atoms with Gasteiger partial charge in [0.2, 0.25) is 0 Å². The minimum atomic E-state index is 0. The van der Waals surface area contributed by atoms with E-state index >= 15 is 0 Å². The van der Waals surface area contributed by atoms with Crippen molar-refractivity contribution in [3.05, 3.63) is 0 Å². The molecule has 4 nitrogen and oxygen atoms in total. The maximum atomic E-state index is 4.31. The summed E-state index contributed by atoms with van der Waals surface area (Å²) in [4.78, 5) is 4.31. The number of rotatable bonds is 4. The summed E-state index contributed by atoms with van der Waals surface area (Å²) >= 11 is 0. The van der Waals surface area contributed by atoms with Gasteiger partial charge in [0.25, 0.3) is 0 Å². The number of guanidine groups is 1. The first-order valence-corrected chi connectivity index (χ1v) is 7.63. The van der Waals surface area contributed by atoms with Crippen molar-refractivity contribution < 1.29 is 0 Å². The highest BCUT2D eigenvalue weighted by atomic mass is 127. The number of nitrogens with zero attached hydrogens (tertiary/aromatic N) is 1. The first-order valence-electron chi connectivity index (χ1n) is 7.63. The molecular formula is C15H33IN4. The maximum absolute atomic E-state index is 4.31. The molecule has 1 aliphatic rings. The molecule has 0 spiro atoms. The Kier molecular flexibility index (Phi) is 9.80. The van der Waals surface area contributed by atoms with Crippen LogP contribution in [0.1, 0.15) is 53.4 Å². The second-order valence-electron chi connectivity index (χ2n) is 6.79. The second-order valence-corrected chi connectivity index (χ2v) is 6.79. The van der Waals surface area contributed by atoms with E-state index in [1.54, 1.807) is 0 Å². The Morgan fingerprint density at radius 3 is 2.45 bits per heavy atom. The average molecular weight is 396 g/mol. The van der Waals surface area contributed by atoms with Crippen LogP contribution in [0.25, 0.3) is 0 Å². The van der Waals surface area contributed by atoms with Crippen molar-refractivity contribution in [2.24, 2.45) is 10.9 Å². The van der Waals surface area contributed by atoms with Crippen LogP contribution in [0.3, 0.4) is 0 Å². The van der Waals surface area contributed by atoms with Gasteiger partial charge in [0.15, 0.2) is 5.96 Å². The molecule has 0 saturated heterocycles. The van der Waals surface area contributed by atoms with Crippen LogP contribution in [0.2, 0.25) is 0 Å². The first kappa shape index (κ1) is 20.0. The van der Waals surface area contributed by atoms with Gasteiger partial charge in [-0.1, -0.05) is 19.8 Å². The summed E-state index contributed by atoms with van der Waals surface area (Å²) in [6.45, 7) is 10.7. The fourth-order valence-corrected chi connectivity index (χ4v) is 2.57. The van der Waals surface area contributed by atoms with Gasteiger partial charge in [0.05, 0.1) is 0 Å². The van der Waals surface area contributed by atoms with E-state index in [9.17, 15) is 0 Å². The molecule has 3 N–H and O–H groups in total. The van der Waals surface area contributed by atoms with Crippen molar-refractivity contribution in [2.75, 3.05) is 20.1 Å². The van der Waals surface area contributed by atoms with Gasteiger partial charge in [0, 0.05) is 31.7 Å².